The lowest BCUT2D eigenvalue weighted by Gasteiger charge is -2.03. The van der Waals surface area contributed by atoms with Gasteiger partial charge in [0.25, 0.3) is 0 Å². The van der Waals surface area contributed by atoms with Gasteiger partial charge in [0.05, 0.1) is 12.8 Å². The second kappa shape index (κ2) is 9.03. The summed E-state index contributed by atoms with van der Waals surface area (Å²) in [5.74, 6) is -0.616. The zero-order valence-electron chi connectivity index (χ0n) is 13.2. The van der Waals surface area contributed by atoms with Crippen molar-refractivity contribution >= 4 is 23.1 Å². The molecule has 0 bridgehead atoms. The molecule has 1 aromatic carbocycles. The number of carbonyl (C=O) groups is 4. The van der Waals surface area contributed by atoms with Crippen LogP contribution in [0.1, 0.15) is 73.1 Å². The van der Waals surface area contributed by atoms with E-state index in [2.05, 4.69) is 0 Å². The van der Waals surface area contributed by atoms with Crippen molar-refractivity contribution in [2.24, 2.45) is 0 Å². The average Bonchev–Trinajstić information content (AvgIpc) is 2.47. The Morgan fingerprint density at radius 2 is 1.00 bits per heavy atom. The first-order valence-corrected chi connectivity index (χ1v) is 7.67. The van der Waals surface area contributed by atoms with Crippen molar-refractivity contribution in [3.05, 3.63) is 35.4 Å². The van der Waals surface area contributed by atoms with E-state index in [9.17, 15) is 19.2 Å². The van der Waals surface area contributed by atoms with Crippen molar-refractivity contribution in [2.75, 3.05) is 0 Å². The van der Waals surface area contributed by atoms with Crippen LogP contribution in [-0.2, 0) is 9.59 Å². The van der Waals surface area contributed by atoms with Crippen molar-refractivity contribution in [3.8, 4) is 0 Å². The number of hydrogen-bond acceptors (Lipinski definition) is 4. The van der Waals surface area contributed by atoms with E-state index in [-0.39, 0.29) is 36.0 Å². The molecule has 4 nitrogen and oxygen atoms in total. The van der Waals surface area contributed by atoms with Gasteiger partial charge in [-0.15, -0.1) is 0 Å². The summed E-state index contributed by atoms with van der Waals surface area (Å²) in [6.07, 6.45) is 2.06. The summed E-state index contributed by atoms with van der Waals surface area (Å²) in [5, 5.41) is 0. The van der Waals surface area contributed by atoms with E-state index >= 15 is 0 Å². The third-order valence-electron chi connectivity index (χ3n) is 3.30. The molecule has 0 amide bonds. The molecule has 0 aromatic heterocycles. The predicted molar refractivity (Wildman–Crippen MR) is 84.2 cm³/mol. The van der Waals surface area contributed by atoms with Crippen LogP contribution in [0.4, 0.5) is 0 Å². The van der Waals surface area contributed by atoms with Crippen molar-refractivity contribution in [2.45, 2.75) is 52.4 Å². The van der Waals surface area contributed by atoms with Crippen LogP contribution in [0.5, 0.6) is 0 Å². The van der Waals surface area contributed by atoms with Gasteiger partial charge in [0, 0.05) is 24.0 Å². The number of ketones is 4. The van der Waals surface area contributed by atoms with E-state index in [1.165, 1.54) is 0 Å². The molecule has 0 atom stereocenters. The molecular weight excluding hydrogens is 280 g/mol. The maximum absolute atomic E-state index is 11.9. The summed E-state index contributed by atoms with van der Waals surface area (Å²) in [7, 11) is 0. The summed E-state index contributed by atoms with van der Waals surface area (Å²) >= 11 is 0. The molecule has 0 heterocycles. The van der Waals surface area contributed by atoms with E-state index in [1.54, 1.807) is 24.3 Å². The van der Waals surface area contributed by atoms with Crippen LogP contribution < -0.4 is 0 Å². The number of rotatable bonds is 10. The van der Waals surface area contributed by atoms with Crippen LogP contribution in [0.2, 0.25) is 0 Å². The molecule has 0 aliphatic heterocycles. The lowest BCUT2D eigenvalue weighted by molar-refractivity contribution is -0.119. The number of carbonyl (C=O) groups excluding carboxylic acids is 4. The van der Waals surface area contributed by atoms with Gasteiger partial charge >= 0.3 is 0 Å². The quantitative estimate of drug-likeness (QED) is 0.489. The van der Waals surface area contributed by atoms with Crippen LogP contribution in [0.3, 0.4) is 0 Å². The number of benzene rings is 1. The van der Waals surface area contributed by atoms with Crippen LogP contribution >= 0.6 is 0 Å². The monoisotopic (exact) mass is 302 g/mol. The summed E-state index contributed by atoms with van der Waals surface area (Å²) in [5.41, 5.74) is 0.835. The molecule has 4 heteroatoms. The molecule has 1 aromatic rings. The van der Waals surface area contributed by atoms with E-state index in [1.807, 2.05) is 13.8 Å². The van der Waals surface area contributed by atoms with Gasteiger partial charge in [0.2, 0.25) is 0 Å². The van der Waals surface area contributed by atoms with Crippen LogP contribution in [-0.4, -0.2) is 23.1 Å². The fourth-order valence-corrected chi connectivity index (χ4v) is 2.14. The molecule has 1 rings (SSSR count). The first-order chi connectivity index (χ1) is 10.5. The maximum Gasteiger partial charge on any atom is 0.170 e. The van der Waals surface area contributed by atoms with Gasteiger partial charge in [0.1, 0.15) is 11.6 Å². The van der Waals surface area contributed by atoms with Crippen LogP contribution in [0, 0.1) is 0 Å². The zero-order valence-corrected chi connectivity index (χ0v) is 13.2. The Kier molecular flexibility index (Phi) is 7.37. The lowest BCUT2D eigenvalue weighted by atomic mass is 9.99. The van der Waals surface area contributed by atoms with E-state index in [4.69, 9.17) is 0 Å². The summed E-state index contributed by atoms with van der Waals surface area (Å²) < 4.78 is 0. The largest absolute Gasteiger partial charge is 0.299 e. The Morgan fingerprint density at radius 1 is 0.682 bits per heavy atom. The van der Waals surface area contributed by atoms with Gasteiger partial charge in [-0.3, -0.25) is 19.2 Å². The predicted octanol–water partition coefficient (Wildman–Crippen LogP) is 3.57. The standard InChI is InChI=1S/C18H22O4/c1-3-5-15(19)11-17(21)13-7-9-14(10-8-13)18(22)12-16(20)6-4-2/h7-10H,3-6,11-12H2,1-2H3. The molecular formula is C18H22O4. The molecule has 0 fully saturated rings. The maximum atomic E-state index is 11.9. The molecule has 0 spiro atoms. The third kappa shape index (κ3) is 5.72. The molecule has 0 saturated heterocycles. The third-order valence-corrected chi connectivity index (χ3v) is 3.30. The molecule has 0 N–H and O–H groups in total. The van der Waals surface area contributed by atoms with Crippen molar-refractivity contribution in [1.29, 1.82) is 0 Å². The first kappa shape index (κ1) is 18.0. The van der Waals surface area contributed by atoms with Gasteiger partial charge < -0.3 is 0 Å². The van der Waals surface area contributed by atoms with Gasteiger partial charge in [-0.25, -0.2) is 0 Å². The Balaban J connectivity index is 2.66. The molecule has 0 unspecified atom stereocenters. The van der Waals surface area contributed by atoms with Gasteiger partial charge in [-0.2, -0.15) is 0 Å². The number of hydrogen-bond donors (Lipinski definition) is 0. The minimum Gasteiger partial charge on any atom is -0.299 e. The Bertz CT molecular complexity index is 504. The smallest absolute Gasteiger partial charge is 0.170 e. The fraction of sp³-hybridized carbons (Fsp3) is 0.444. The topological polar surface area (TPSA) is 68.3 Å². The van der Waals surface area contributed by atoms with Gasteiger partial charge in [-0.1, -0.05) is 38.1 Å². The first-order valence-electron chi connectivity index (χ1n) is 7.67. The molecule has 118 valence electrons. The zero-order chi connectivity index (χ0) is 16.5. The summed E-state index contributed by atoms with van der Waals surface area (Å²) in [6, 6.07) is 6.16. The number of Topliss-reactive ketones (excluding diaryl/α,β-unsaturated/α-hetero) is 4. The lowest BCUT2D eigenvalue weighted by Crippen LogP contribution is -2.10. The normalized spacial score (nSPS) is 10.3. The minimum absolute atomic E-state index is 0.0715. The Hall–Kier alpha value is -2.10. The molecule has 22 heavy (non-hydrogen) atoms. The van der Waals surface area contributed by atoms with Crippen LogP contribution in [0.15, 0.2) is 24.3 Å². The average molecular weight is 302 g/mol. The SMILES string of the molecule is CCCC(=O)CC(=O)c1ccc(C(=O)CC(=O)CCC)cc1. The van der Waals surface area contributed by atoms with Crippen LogP contribution in [0.25, 0.3) is 0 Å². The highest BCUT2D eigenvalue weighted by molar-refractivity contribution is 6.10. The minimum atomic E-state index is -0.237. The molecule has 0 aliphatic carbocycles. The molecule has 0 aliphatic rings. The van der Waals surface area contributed by atoms with E-state index in [0.29, 0.717) is 24.0 Å². The Morgan fingerprint density at radius 3 is 1.27 bits per heavy atom. The van der Waals surface area contributed by atoms with Crippen molar-refractivity contribution in [3.63, 3.8) is 0 Å². The second-order valence-electron chi connectivity index (χ2n) is 5.35. The van der Waals surface area contributed by atoms with E-state index < -0.39 is 0 Å². The highest BCUT2D eigenvalue weighted by atomic mass is 16.2. The summed E-state index contributed by atoms with van der Waals surface area (Å²) in [6.45, 7) is 3.78. The van der Waals surface area contributed by atoms with E-state index in [0.717, 1.165) is 12.8 Å². The van der Waals surface area contributed by atoms with Crippen molar-refractivity contribution in [1.82, 2.24) is 0 Å². The second-order valence-corrected chi connectivity index (χ2v) is 5.35. The van der Waals surface area contributed by atoms with Gasteiger partial charge in [-0.05, 0) is 12.8 Å². The summed E-state index contributed by atoms with van der Waals surface area (Å²) in [4.78, 5) is 46.8. The fourth-order valence-electron chi connectivity index (χ4n) is 2.14. The Labute approximate surface area is 130 Å². The molecule has 0 radical (unpaired) electrons. The van der Waals surface area contributed by atoms with Crippen molar-refractivity contribution < 1.29 is 19.2 Å². The van der Waals surface area contributed by atoms with Gasteiger partial charge in [0.15, 0.2) is 11.6 Å². The molecule has 0 saturated carbocycles. The highest BCUT2D eigenvalue weighted by Crippen LogP contribution is 2.11. The highest BCUT2D eigenvalue weighted by Gasteiger charge is 2.14.